The van der Waals surface area contributed by atoms with Crippen molar-refractivity contribution in [2.24, 2.45) is 5.73 Å². The number of nitrogens with one attached hydrogen (secondary N) is 1. The lowest BCUT2D eigenvalue weighted by Gasteiger charge is -2.34. The van der Waals surface area contributed by atoms with Crippen LogP contribution >= 0.6 is 0 Å². The maximum absolute atomic E-state index is 11.1. The summed E-state index contributed by atoms with van der Waals surface area (Å²) in [5, 5.41) is 12.2. The number of carbonyl (C=O) groups excluding carboxylic acids is 1. The van der Waals surface area contributed by atoms with E-state index >= 15 is 0 Å². The monoisotopic (exact) mass is 272 g/mol. The van der Waals surface area contributed by atoms with Crippen LogP contribution in [0.25, 0.3) is 0 Å². The molecule has 106 valence electrons. The minimum atomic E-state index is 0.0217. The van der Waals surface area contributed by atoms with E-state index in [2.05, 4.69) is 16.3 Å². The Bertz CT molecular complexity index is 527. The first-order valence-corrected chi connectivity index (χ1v) is 6.89. The minimum absolute atomic E-state index is 0.0217. The van der Waals surface area contributed by atoms with Crippen LogP contribution in [0.3, 0.4) is 0 Å². The van der Waals surface area contributed by atoms with Crippen LogP contribution in [0.1, 0.15) is 30.9 Å². The Balaban J connectivity index is 2.07. The third kappa shape index (κ3) is 3.28. The highest BCUT2D eigenvalue weighted by molar-refractivity contribution is 5.73. The SMILES string of the molecule is CC(=O)NC1CCN(c2ccc(CN)cc2C#N)CC1. The van der Waals surface area contributed by atoms with Gasteiger partial charge in [0.15, 0.2) is 0 Å². The van der Waals surface area contributed by atoms with E-state index < -0.39 is 0 Å². The Morgan fingerprint density at radius 3 is 2.75 bits per heavy atom. The number of rotatable bonds is 3. The van der Waals surface area contributed by atoms with Crippen molar-refractivity contribution in [3.8, 4) is 6.07 Å². The number of nitrogens with zero attached hydrogens (tertiary/aromatic N) is 2. The van der Waals surface area contributed by atoms with E-state index in [4.69, 9.17) is 5.73 Å². The molecule has 20 heavy (non-hydrogen) atoms. The molecule has 1 aliphatic heterocycles. The van der Waals surface area contributed by atoms with Crippen molar-refractivity contribution >= 4 is 11.6 Å². The van der Waals surface area contributed by atoms with Gasteiger partial charge in [0.05, 0.1) is 11.3 Å². The maximum Gasteiger partial charge on any atom is 0.217 e. The van der Waals surface area contributed by atoms with Gasteiger partial charge in [0.25, 0.3) is 0 Å². The van der Waals surface area contributed by atoms with Gasteiger partial charge in [-0.05, 0) is 30.5 Å². The quantitative estimate of drug-likeness (QED) is 0.864. The Labute approximate surface area is 119 Å². The van der Waals surface area contributed by atoms with Crippen LogP contribution in [-0.4, -0.2) is 25.0 Å². The summed E-state index contributed by atoms with van der Waals surface area (Å²) in [6, 6.07) is 8.29. The second-order valence-electron chi connectivity index (χ2n) is 5.13. The molecule has 1 amide bonds. The number of benzene rings is 1. The summed E-state index contributed by atoms with van der Waals surface area (Å²) in [7, 11) is 0. The van der Waals surface area contributed by atoms with E-state index in [-0.39, 0.29) is 11.9 Å². The molecule has 1 aromatic carbocycles. The van der Waals surface area contributed by atoms with Gasteiger partial charge in [0.1, 0.15) is 6.07 Å². The van der Waals surface area contributed by atoms with Crippen molar-refractivity contribution in [1.29, 1.82) is 5.26 Å². The highest BCUT2D eigenvalue weighted by Gasteiger charge is 2.21. The predicted octanol–water partition coefficient (Wildman–Crippen LogP) is 1.12. The number of nitrogens with two attached hydrogens (primary N) is 1. The fraction of sp³-hybridized carbons (Fsp3) is 0.467. The molecule has 0 bridgehead atoms. The third-order valence-electron chi connectivity index (χ3n) is 3.66. The normalized spacial score (nSPS) is 15.8. The summed E-state index contributed by atoms with van der Waals surface area (Å²) in [5.41, 5.74) is 8.21. The zero-order chi connectivity index (χ0) is 14.5. The Hall–Kier alpha value is -2.06. The molecule has 2 rings (SSSR count). The van der Waals surface area contributed by atoms with Crippen LogP contribution < -0.4 is 16.0 Å². The van der Waals surface area contributed by atoms with Gasteiger partial charge in [0.2, 0.25) is 5.91 Å². The van der Waals surface area contributed by atoms with Crippen molar-refractivity contribution in [2.45, 2.75) is 32.4 Å². The molecule has 5 heteroatoms. The van der Waals surface area contributed by atoms with Crippen LogP contribution in [0.4, 0.5) is 5.69 Å². The van der Waals surface area contributed by atoms with Gasteiger partial charge in [-0.15, -0.1) is 0 Å². The van der Waals surface area contributed by atoms with Gasteiger partial charge in [-0.25, -0.2) is 0 Å². The summed E-state index contributed by atoms with van der Waals surface area (Å²) in [6.07, 6.45) is 1.81. The summed E-state index contributed by atoms with van der Waals surface area (Å²) < 4.78 is 0. The fourth-order valence-corrected chi connectivity index (χ4v) is 2.63. The highest BCUT2D eigenvalue weighted by Crippen LogP contribution is 2.25. The van der Waals surface area contributed by atoms with Crippen molar-refractivity contribution in [1.82, 2.24) is 5.32 Å². The van der Waals surface area contributed by atoms with Crippen molar-refractivity contribution in [3.63, 3.8) is 0 Å². The third-order valence-corrected chi connectivity index (χ3v) is 3.66. The first-order chi connectivity index (χ1) is 9.63. The molecule has 1 aliphatic rings. The van der Waals surface area contributed by atoms with Crippen LogP contribution in [0.2, 0.25) is 0 Å². The molecule has 1 fully saturated rings. The van der Waals surface area contributed by atoms with Crippen molar-refractivity contribution in [3.05, 3.63) is 29.3 Å². The number of hydrogen-bond donors (Lipinski definition) is 2. The molecule has 0 radical (unpaired) electrons. The summed E-state index contributed by atoms with van der Waals surface area (Å²) in [6.45, 7) is 3.69. The highest BCUT2D eigenvalue weighted by atomic mass is 16.1. The number of amides is 1. The maximum atomic E-state index is 11.1. The molecule has 1 saturated heterocycles. The average molecular weight is 272 g/mol. The van der Waals surface area contributed by atoms with Crippen LogP contribution in [0, 0.1) is 11.3 Å². The molecule has 5 nitrogen and oxygen atoms in total. The van der Waals surface area contributed by atoms with E-state index in [0.717, 1.165) is 37.2 Å². The van der Waals surface area contributed by atoms with E-state index in [9.17, 15) is 10.1 Å². The zero-order valence-electron chi connectivity index (χ0n) is 11.7. The lowest BCUT2D eigenvalue weighted by Crippen LogP contribution is -2.44. The molecular formula is C15H20N4O. The van der Waals surface area contributed by atoms with E-state index in [1.165, 1.54) is 0 Å². The van der Waals surface area contributed by atoms with Gasteiger partial charge < -0.3 is 16.0 Å². The summed E-state index contributed by atoms with van der Waals surface area (Å²) >= 11 is 0. The van der Waals surface area contributed by atoms with E-state index in [1.54, 1.807) is 6.92 Å². The van der Waals surface area contributed by atoms with Gasteiger partial charge >= 0.3 is 0 Å². The van der Waals surface area contributed by atoms with Gasteiger partial charge in [-0.2, -0.15) is 5.26 Å². The molecule has 0 aromatic heterocycles. The number of hydrogen-bond acceptors (Lipinski definition) is 4. The van der Waals surface area contributed by atoms with E-state index in [0.29, 0.717) is 12.1 Å². The molecule has 0 saturated carbocycles. The summed E-state index contributed by atoms with van der Waals surface area (Å²) in [5.74, 6) is 0.0217. The first kappa shape index (κ1) is 14.4. The first-order valence-electron chi connectivity index (χ1n) is 6.89. The molecule has 0 unspecified atom stereocenters. The van der Waals surface area contributed by atoms with Crippen molar-refractivity contribution in [2.75, 3.05) is 18.0 Å². The second-order valence-corrected chi connectivity index (χ2v) is 5.13. The summed E-state index contributed by atoms with van der Waals surface area (Å²) in [4.78, 5) is 13.3. The van der Waals surface area contributed by atoms with Gasteiger partial charge in [-0.1, -0.05) is 6.07 Å². The average Bonchev–Trinajstić information content (AvgIpc) is 2.47. The second kappa shape index (κ2) is 6.40. The molecular weight excluding hydrogens is 252 g/mol. The van der Waals surface area contributed by atoms with Crippen LogP contribution in [-0.2, 0) is 11.3 Å². The lowest BCUT2D eigenvalue weighted by molar-refractivity contribution is -0.119. The minimum Gasteiger partial charge on any atom is -0.370 e. The van der Waals surface area contributed by atoms with Crippen LogP contribution in [0.5, 0.6) is 0 Å². The van der Waals surface area contributed by atoms with Crippen LogP contribution in [0.15, 0.2) is 18.2 Å². The zero-order valence-corrected chi connectivity index (χ0v) is 11.7. The van der Waals surface area contributed by atoms with Gasteiger partial charge in [0, 0.05) is 32.6 Å². The fourth-order valence-electron chi connectivity index (χ4n) is 2.63. The molecule has 3 N–H and O–H groups in total. The Kier molecular flexibility index (Phi) is 4.59. The Morgan fingerprint density at radius 2 is 2.20 bits per heavy atom. The molecule has 0 aliphatic carbocycles. The number of piperidine rings is 1. The molecule has 0 atom stereocenters. The predicted molar refractivity (Wildman–Crippen MR) is 78.1 cm³/mol. The van der Waals surface area contributed by atoms with Crippen molar-refractivity contribution < 1.29 is 4.79 Å². The number of carbonyl (C=O) groups is 1. The molecule has 1 aromatic rings. The topological polar surface area (TPSA) is 82.2 Å². The Morgan fingerprint density at radius 1 is 1.50 bits per heavy atom. The number of anilines is 1. The standard InChI is InChI=1S/C15H20N4O/c1-11(20)18-14-4-6-19(7-5-14)15-3-2-12(9-16)8-13(15)10-17/h2-3,8,14H,4-7,9,16H2,1H3,(H,18,20). The largest absolute Gasteiger partial charge is 0.370 e. The molecule has 0 spiro atoms. The van der Waals surface area contributed by atoms with E-state index in [1.807, 2.05) is 18.2 Å². The lowest BCUT2D eigenvalue weighted by atomic mass is 10.0. The number of nitriles is 1. The smallest absolute Gasteiger partial charge is 0.217 e. The van der Waals surface area contributed by atoms with Gasteiger partial charge in [-0.3, -0.25) is 4.79 Å². The molecule has 1 heterocycles.